The Hall–Kier alpha value is -1.06. The molecule has 0 amide bonds. The van der Waals surface area contributed by atoms with Crippen molar-refractivity contribution in [3.8, 4) is 5.75 Å². The summed E-state index contributed by atoms with van der Waals surface area (Å²) in [6.45, 7) is 8.28. The first kappa shape index (κ1) is 15.3. The summed E-state index contributed by atoms with van der Waals surface area (Å²) in [6.07, 6.45) is 3.77. The van der Waals surface area contributed by atoms with E-state index in [1.807, 2.05) is 13.0 Å². The van der Waals surface area contributed by atoms with Crippen LogP contribution in [0.1, 0.15) is 51.6 Å². The lowest BCUT2D eigenvalue weighted by atomic mass is 9.93. The van der Waals surface area contributed by atoms with E-state index in [0.717, 1.165) is 12.3 Å². The van der Waals surface area contributed by atoms with E-state index < -0.39 is 0 Å². The number of hydrogen-bond donors (Lipinski definition) is 1. The molecule has 0 radical (unpaired) electrons. The molecule has 1 aromatic carbocycles. The predicted molar refractivity (Wildman–Crippen MR) is 84.0 cm³/mol. The molecule has 0 spiro atoms. The Bertz CT molecular complexity index is 419. The van der Waals surface area contributed by atoms with Gasteiger partial charge in [-0.1, -0.05) is 24.6 Å². The van der Waals surface area contributed by atoms with Gasteiger partial charge in [-0.2, -0.15) is 0 Å². The standard InChI is InChI=1S/C17H28N2O/c1-4-20-17-11-6-5-9-15(17)14(3)19-12-8-7-10-16(19)13(2)18/h5-6,9,11,13-14,16H,4,7-8,10,12,18H2,1-3H3. The van der Waals surface area contributed by atoms with Crippen molar-refractivity contribution in [3.05, 3.63) is 29.8 Å². The van der Waals surface area contributed by atoms with Gasteiger partial charge in [-0.25, -0.2) is 0 Å². The molecule has 3 heteroatoms. The topological polar surface area (TPSA) is 38.5 Å². The van der Waals surface area contributed by atoms with Crippen molar-refractivity contribution < 1.29 is 4.74 Å². The predicted octanol–water partition coefficient (Wildman–Crippen LogP) is 3.35. The highest BCUT2D eigenvalue weighted by molar-refractivity contribution is 5.35. The lowest BCUT2D eigenvalue weighted by molar-refractivity contribution is 0.0874. The number of ether oxygens (including phenoxy) is 1. The first-order valence-corrected chi connectivity index (χ1v) is 7.88. The molecule has 3 atom stereocenters. The Morgan fingerprint density at radius 3 is 2.75 bits per heavy atom. The molecular weight excluding hydrogens is 248 g/mol. The summed E-state index contributed by atoms with van der Waals surface area (Å²) in [6, 6.07) is 9.45. The molecule has 0 saturated carbocycles. The Balaban J connectivity index is 2.22. The van der Waals surface area contributed by atoms with E-state index in [9.17, 15) is 0 Å². The van der Waals surface area contributed by atoms with E-state index in [1.165, 1.54) is 24.8 Å². The SMILES string of the molecule is CCOc1ccccc1C(C)N1CCCCC1C(C)N. The van der Waals surface area contributed by atoms with Crippen molar-refractivity contribution in [2.75, 3.05) is 13.2 Å². The third kappa shape index (κ3) is 3.33. The molecule has 2 N–H and O–H groups in total. The third-order valence-corrected chi connectivity index (χ3v) is 4.37. The molecule has 2 rings (SSSR count). The van der Waals surface area contributed by atoms with E-state index in [1.54, 1.807) is 0 Å². The highest BCUT2D eigenvalue weighted by Gasteiger charge is 2.30. The zero-order valence-electron chi connectivity index (χ0n) is 13.0. The van der Waals surface area contributed by atoms with Crippen LogP contribution in [0.5, 0.6) is 5.75 Å². The number of hydrogen-bond acceptors (Lipinski definition) is 3. The molecule has 1 aromatic rings. The molecule has 0 aliphatic carbocycles. The average Bonchev–Trinajstić information content (AvgIpc) is 2.47. The minimum atomic E-state index is 0.219. The fraction of sp³-hybridized carbons (Fsp3) is 0.647. The van der Waals surface area contributed by atoms with Gasteiger partial charge in [0.2, 0.25) is 0 Å². The molecule has 112 valence electrons. The summed E-state index contributed by atoms with van der Waals surface area (Å²) in [5, 5.41) is 0. The quantitative estimate of drug-likeness (QED) is 0.896. The summed E-state index contributed by atoms with van der Waals surface area (Å²) in [4.78, 5) is 2.56. The number of nitrogens with two attached hydrogens (primary N) is 1. The number of rotatable bonds is 5. The lowest BCUT2D eigenvalue weighted by Gasteiger charge is -2.42. The molecule has 3 unspecified atom stereocenters. The molecule has 1 aliphatic heterocycles. The number of piperidine rings is 1. The lowest BCUT2D eigenvalue weighted by Crippen LogP contribution is -2.49. The van der Waals surface area contributed by atoms with Gasteiger partial charge in [0.05, 0.1) is 6.61 Å². The Morgan fingerprint density at radius 1 is 1.30 bits per heavy atom. The molecule has 20 heavy (non-hydrogen) atoms. The van der Waals surface area contributed by atoms with Crippen molar-refractivity contribution in [1.29, 1.82) is 0 Å². The highest BCUT2D eigenvalue weighted by Crippen LogP contribution is 2.34. The van der Waals surface area contributed by atoms with Crippen LogP contribution in [-0.2, 0) is 0 Å². The Kier molecular flexibility index (Phi) is 5.44. The van der Waals surface area contributed by atoms with Crippen LogP contribution in [0.3, 0.4) is 0 Å². The van der Waals surface area contributed by atoms with E-state index in [2.05, 4.69) is 36.9 Å². The van der Waals surface area contributed by atoms with Crippen LogP contribution < -0.4 is 10.5 Å². The Morgan fingerprint density at radius 2 is 2.05 bits per heavy atom. The van der Waals surface area contributed by atoms with Crippen LogP contribution in [0.2, 0.25) is 0 Å². The maximum atomic E-state index is 6.20. The second-order valence-electron chi connectivity index (χ2n) is 5.81. The van der Waals surface area contributed by atoms with Crippen molar-refractivity contribution in [3.63, 3.8) is 0 Å². The van der Waals surface area contributed by atoms with Gasteiger partial charge >= 0.3 is 0 Å². The van der Waals surface area contributed by atoms with Crippen molar-refractivity contribution in [1.82, 2.24) is 4.90 Å². The van der Waals surface area contributed by atoms with E-state index in [4.69, 9.17) is 10.5 Å². The summed E-state index contributed by atoms with van der Waals surface area (Å²) in [7, 11) is 0. The van der Waals surface area contributed by atoms with Gasteiger partial charge in [0.25, 0.3) is 0 Å². The second-order valence-corrected chi connectivity index (χ2v) is 5.81. The van der Waals surface area contributed by atoms with E-state index >= 15 is 0 Å². The summed E-state index contributed by atoms with van der Waals surface area (Å²) in [5.74, 6) is 1.01. The largest absolute Gasteiger partial charge is 0.494 e. The Labute approximate surface area is 123 Å². The maximum absolute atomic E-state index is 6.20. The van der Waals surface area contributed by atoms with Crippen molar-refractivity contribution in [2.24, 2.45) is 5.73 Å². The normalized spacial score (nSPS) is 23.3. The van der Waals surface area contributed by atoms with Crippen LogP contribution in [0.15, 0.2) is 24.3 Å². The monoisotopic (exact) mass is 276 g/mol. The van der Waals surface area contributed by atoms with E-state index in [-0.39, 0.29) is 6.04 Å². The minimum Gasteiger partial charge on any atom is -0.494 e. The number of nitrogens with zero attached hydrogens (tertiary/aromatic N) is 1. The summed E-state index contributed by atoms with van der Waals surface area (Å²) < 4.78 is 5.79. The maximum Gasteiger partial charge on any atom is 0.124 e. The highest BCUT2D eigenvalue weighted by atomic mass is 16.5. The number of likely N-dealkylation sites (tertiary alicyclic amines) is 1. The third-order valence-electron chi connectivity index (χ3n) is 4.37. The first-order valence-electron chi connectivity index (χ1n) is 7.88. The van der Waals surface area contributed by atoms with Crippen molar-refractivity contribution in [2.45, 2.75) is 58.2 Å². The van der Waals surface area contributed by atoms with Crippen LogP contribution in [-0.4, -0.2) is 30.1 Å². The zero-order valence-corrected chi connectivity index (χ0v) is 13.0. The van der Waals surface area contributed by atoms with Gasteiger partial charge in [0, 0.05) is 23.7 Å². The molecule has 1 heterocycles. The zero-order chi connectivity index (χ0) is 14.5. The molecule has 0 aromatic heterocycles. The fourth-order valence-corrected chi connectivity index (χ4v) is 3.32. The molecule has 1 aliphatic rings. The van der Waals surface area contributed by atoms with Crippen LogP contribution >= 0.6 is 0 Å². The molecule has 0 bridgehead atoms. The minimum absolute atomic E-state index is 0.219. The van der Waals surface area contributed by atoms with Gasteiger partial charge < -0.3 is 10.5 Å². The molecule has 1 fully saturated rings. The van der Waals surface area contributed by atoms with Gasteiger partial charge in [-0.3, -0.25) is 4.90 Å². The van der Waals surface area contributed by atoms with Gasteiger partial charge in [-0.05, 0) is 46.2 Å². The summed E-state index contributed by atoms with van der Waals surface area (Å²) >= 11 is 0. The fourth-order valence-electron chi connectivity index (χ4n) is 3.32. The molecular formula is C17H28N2O. The first-order chi connectivity index (χ1) is 9.65. The van der Waals surface area contributed by atoms with Gasteiger partial charge in [0.1, 0.15) is 5.75 Å². The summed E-state index contributed by atoms with van der Waals surface area (Å²) in [5.41, 5.74) is 7.48. The molecule has 3 nitrogen and oxygen atoms in total. The van der Waals surface area contributed by atoms with Gasteiger partial charge in [0.15, 0.2) is 0 Å². The van der Waals surface area contributed by atoms with Crippen molar-refractivity contribution >= 4 is 0 Å². The molecule has 1 saturated heterocycles. The van der Waals surface area contributed by atoms with Crippen LogP contribution in [0, 0.1) is 0 Å². The number of para-hydroxylation sites is 1. The second kappa shape index (κ2) is 7.09. The van der Waals surface area contributed by atoms with Crippen LogP contribution in [0.25, 0.3) is 0 Å². The van der Waals surface area contributed by atoms with E-state index in [0.29, 0.717) is 18.7 Å². The average molecular weight is 276 g/mol. The van der Waals surface area contributed by atoms with Gasteiger partial charge in [-0.15, -0.1) is 0 Å². The number of benzene rings is 1. The smallest absolute Gasteiger partial charge is 0.124 e. The van der Waals surface area contributed by atoms with Crippen LogP contribution in [0.4, 0.5) is 0 Å².